The van der Waals surface area contributed by atoms with E-state index in [-0.39, 0.29) is 5.41 Å². The fourth-order valence-electron chi connectivity index (χ4n) is 1.91. The van der Waals surface area contributed by atoms with Crippen molar-refractivity contribution < 1.29 is 0 Å². The molecule has 0 aliphatic heterocycles. The molecular weight excluding hydrogens is 200 g/mol. The summed E-state index contributed by atoms with van der Waals surface area (Å²) in [4.78, 5) is 0. The van der Waals surface area contributed by atoms with E-state index in [9.17, 15) is 0 Å². The fourth-order valence-corrected chi connectivity index (χ4v) is 1.91. The van der Waals surface area contributed by atoms with Gasteiger partial charge in [0.05, 0.1) is 5.69 Å². The second kappa shape index (κ2) is 3.70. The molecule has 0 N–H and O–H groups in total. The van der Waals surface area contributed by atoms with E-state index in [0.29, 0.717) is 0 Å². The summed E-state index contributed by atoms with van der Waals surface area (Å²) in [6.07, 6.45) is 1.60. The molecule has 16 heavy (non-hydrogen) atoms. The van der Waals surface area contributed by atoms with Crippen molar-refractivity contribution in [3.8, 4) is 5.69 Å². The van der Waals surface area contributed by atoms with E-state index in [4.69, 9.17) is 0 Å². The Bertz CT molecular complexity index is 480. The van der Waals surface area contributed by atoms with Gasteiger partial charge in [-0.25, -0.2) is 4.68 Å². The fraction of sp³-hybridized carbons (Fsp3) is 0.417. The zero-order chi connectivity index (χ0) is 11.8. The largest absolute Gasteiger partial charge is 0.201 e. The van der Waals surface area contributed by atoms with Crippen molar-refractivity contribution in [2.75, 3.05) is 0 Å². The van der Waals surface area contributed by atoms with Crippen LogP contribution in [0.25, 0.3) is 5.69 Å². The quantitative estimate of drug-likeness (QED) is 0.734. The average molecular weight is 216 g/mol. The van der Waals surface area contributed by atoms with Crippen LogP contribution in [0.2, 0.25) is 0 Å². The van der Waals surface area contributed by atoms with E-state index in [2.05, 4.69) is 55.4 Å². The molecule has 84 valence electrons. The molecule has 4 nitrogen and oxygen atoms in total. The summed E-state index contributed by atoms with van der Waals surface area (Å²) in [6.45, 7) is 8.76. The first-order valence-electron chi connectivity index (χ1n) is 5.33. The molecule has 0 radical (unpaired) electrons. The van der Waals surface area contributed by atoms with Gasteiger partial charge < -0.3 is 0 Å². The summed E-state index contributed by atoms with van der Waals surface area (Å²) in [5, 5.41) is 11.1. The molecule has 4 heteroatoms. The lowest BCUT2D eigenvalue weighted by Crippen LogP contribution is -2.13. The normalized spacial score (nSPS) is 11.8. The molecule has 1 heterocycles. The van der Waals surface area contributed by atoms with Crippen LogP contribution in [0.3, 0.4) is 0 Å². The monoisotopic (exact) mass is 216 g/mol. The summed E-state index contributed by atoms with van der Waals surface area (Å²) in [5.74, 6) is 0. The molecule has 2 rings (SSSR count). The third-order valence-electron chi connectivity index (χ3n) is 2.63. The van der Waals surface area contributed by atoms with Gasteiger partial charge >= 0.3 is 0 Å². The highest BCUT2D eigenvalue weighted by Gasteiger charge is 2.16. The molecule has 0 bridgehead atoms. The minimum Gasteiger partial charge on any atom is -0.201 e. The maximum Gasteiger partial charge on any atom is 0.143 e. The van der Waals surface area contributed by atoms with Crippen LogP contribution < -0.4 is 0 Å². The highest BCUT2D eigenvalue weighted by molar-refractivity contribution is 5.41. The van der Waals surface area contributed by atoms with Crippen molar-refractivity contribution in [3.63, 3.8) is 0 Å². The number of hydrogen-bond donors (Lipinski definition) is 0. The predicted octanol–water partition coefficient (Wildman–Crippen LogP) is 2.27. The summed E-state index contributed by atoms with van der Waals surface area (Å²) in [5.41, 5.74) is 3.78. The van der Waals surface area contributed by atoms with Crippen LogP contribution in [0.15, 0.2) is 24.5 Å². The number of aromatic nitrogens is 4. The van der Waals surface area contributed by atoms with Crippen LogP contribution in [0.4, 0.5) is 0 Å². The molecule has 0 atom stereocenters. The molecule has 1 aromatic carbocycles. The Morgan fingerprint density at radius 3 is 2.44 bits per heavy atom. The van der Waals surface area contributed by atoms with Gasteiger partial charge in [0.15, 0.2) is 0 Å². The lowest BCUT2D eigenvalue weighted by Gasteiger charge is -2.22. The van der Waals surface area contributed by atoms with Crippen molar-refractivity contribution in [1.29, 1.82) is 0 Å². The summed E-state index contributed by atoms with van der Waals surface area (Å²) in [7, 11) is 0. The van der Waals surface area contributed by atoms with Gasteiger partial charge in [-0.05, 0) is 46.0 Å². The second-order valence-corrected chi connectivity index (χ2v) is 5.00. The lowest BCUT2D eigenvalue weighted by molar-refractivity contribution is 0.585. The SMILES string of the molecule is Cc1cc(-n2cnnn2)ccc1C(C)(C)C. The first-order valence-corrected chi connectivity index (χ1v) is 5.33. The molecule has 2 aromatic rings. The van der Waals surface area contributed by atoms with E-state index in [1.54, 1.807) is 11.0 Å². The van der Waals surface area contributed by atoms with Crippen molar-refractivity contribution in [3.05, 3.63) is 35.7 Å². The third kappa shape index (κ3) is 1.96. The second-order valence-electron chi connectivity index (χ2n) is 5.00. The molecule has 0 saturated heterocycles. The Labute approximate surface area is 95.3 Å². The minimum atomic E-state index is 0.170. The number of tetrazole rings is 1. The van der Waals surface area contributed by atoms with Crippen LogP contribution in [0.1, 0.15) is 31.9 Å². The van der Waals surface area contributed by atoms with E-state index >= 15 is 0 Å². The van der Waals surface area contributed by atoms with Crippen molar-refractivity contribution in [2.24, 2.45) is 0 Å². The molecule has 0 aliphatic rings. The minimum absolute atomic E-state index is 0.170. The van der Waals surface area contributed by atoms with Gasteiger partial charge in [-0.15, -0.1) is 5.10 Å². The number of rotatable bonds is 1. The Balaban J connectivity index is 2.45. The molecule has 0 unspecified atom stereocenters. The Morgan fingerprint density at radius 1 is 1.19 bits per heavy atom. The van der Waals surface area contributed by atoms with E-state index in [1.807, 2.05) is 6.07 Å². The highest BCUT2D eigenvalue weighted by Crippen LogP contribution is 2.26. The van der Waals surface area contributed by atoms with Gasteiger partial charge in [-0.2, -0.15) is 0 Å². The zero-order valence-electron chi connectivity index (χ0n) is 10.1. The van der Waals surface area contributed by atoms with E-state index in [0.717, 1.165) is 5.69 Å². The average Bonchev–Trinajstić information content (AvgIpc) is 2.68. The van der Waals surface area contributed by atoms with Crippen molar-refractivity contribution in [1.82, 2.24) is 20.2 Å². The number of benzene rings is 1. The summed E-state index contributed by atoms with van der Waals surface area (Å²) >= 11 is 0. The van der Waals surface area contributed by atoms with Crippen LogP contribution >= 0.6 is 0 Å². The van der Waals surface area contributed by atoms with Gasteiger partial charge in [-0.3, -0.25) is 0 Å². The molecule has 0 amide bonds. The molecular formula is C12H16N4. The Morgan fingerprint density at radius 2 is 1.94 bits per heavy atom. The van der Waals surface area contributed by atoms with Gasteiger partial charge in [-0.1, -0.05) is 26.8 Å². The number of hydrogen-bond acceptors (Lipinski definition) is 3. The predicted molar refractivity (Wildman–Crippen MR) is 62.6 cm³/mol. The maximum atomic E-state index is 3.87. The molecule has 1 aromatic heterocycles. The topological polar surface area (TPSA) is 43.6 Å². The molecule has 0 aliphatic carbocycles. The maximum absolute atomic E-state index is 3.87. The first-order chi connectivity index (χ1) is 7.48. The van der Waals surface area contributed by atoms with Gasteiger partial charge in [0.25, 0.3) is 0 Å². The molecule has 0 saturated carbocycles. The van der Waals surface area contributed by atoms with Crippen molar-refractivity contribution in [2.45, 2.75) is 33.1 Å². The zero-order valence-corrected chi connectivity index (χ0v) is 10.1. The van der Waals surface area contributed by atoms with E-state index in [1.165, 1.54) is 11.1 Å². The first kappa shape index (κ1) is 10.8. The third-order valence-corrected chi connectivity index (χ3v) is 2.63. The van der Waals surface area contributed by atoms with Crippen molar-refractivity contribution >= 4 is 0 Å². The lowest BCUT2D eigenvalue weighted by atomic mass is 9.84. The van der Waals surface area contributed by atoms with Crippen LogP contribution in [0, 0.1) is 6.92 Å². The van der Waals surface area contributed by atoms with Gasteiger partial charge in [0, 0.05) is 0 Å². The van der Waals surface area contributed by atoms with Crippen LogP contribution in [-0.4, -0.2) is 20.2 Å². The molecule has 0 spiro atoms. The smallest absolute Gasteiger partial charge is 0.143 e. The number of nitrogens with zero attached hydrogens (tertiary/aromatic N) is 4. The highest BCUT2D eigenvalue weighted by atomic mass is 15.5. The van der Waals surface area contributed by atoms with Gasteiger partial charge in [0.1, 0.15) is 6.33 Å². The number of aryl methyl sites for hydroxylation is 1. The molecule has 0 fully saturated rings. The van der Waals surface area contributed by atoms with Crippen LogP contribution in [0.5, 0.6) is 0 Å². The van der Waals surface area contributed by atoms with Crippen LogP contribution in [-0.2, 0) is 5.41 Å². The standard InChI is InChI=1S/C12H16N4/c1-9-7-10(16-8-13-14-15-16)5-6-11(9)12(2,3)4/h5-8H,1-4H3. The summed E-state index contributed by atoms with van der Waals surface area (Å²) in [6, 6.07) is 6.30. The Hall–Kier alpha value is -1.71. The van der Waals surface area contributed by atoms with Gasteiger partial charge in [0.2, 0.25) is 0 Å². The summed E-state index contributed by atoms with van der Waals surface area (Å²) < 4.78 is 1.67. The Kier molecular flexibility index (Phi) is 2.50. The van der Waals surface area contributed by atoms with E-state index < -0.39 is 0 Å².